The molecule has 1 aromatic carbocycles. The molecule has 1 spiro atoms. The summed E-state index contributed by atoms with van der Waals surface area (Å²) < 4.78 is 13.3. The number of hydrogen-bond acceptors (Lipinski definition) is 4. The molecular formula is C20H23FN4O2S. The van der Waals surface area contributed by atoms with Crippen LogP contribution in [0.1, 0.15) is 12.0 Å². The van der Waals surface area contributed by atoms with Crippen molar-refractivity contribution in [1.29, 1.82) is 0 Å². The molecule has 3 heterocycles. The molecule has 1 atom stereocenters. The van der Waals surface area contributed by atoms with Crippen molar-refractivity contribution in [3.05, 3.63) is 52.5 Å². The lowest BCUT2D eigenvalue weighted by Crippen LogP contribution is -2.64. The number of amides is 3. The highest BCUT2D eigenvalue weighted by molar-refractivity contribution is 7.08. The summed E-state index contributed by atoms with van der Waals surface area (Å²) in [4.78, 5) is 30.9. The maximum absolute atomic E-state index is 13.3. The monoisotopic (exact) mass is 402 g/mol. The number of nitrogens with zero attached hydrogens (tertiary/aromatic N) is 3. The Morgan fingerprint density at radius 3 is 2.93 bits per heavy atom. The molecule has 3 amide bonds. The van der Waals surface area contributed by atoms with Crippen molar-refractivity contribution in [2.75, 3.05) is 38.1 Å². The molecule has 2 fully saturated rings. The number of likely N-dealkylation sites (tertiary alicyclic amines) is 1. The maximum Gasteiger partial charge on any atom is 0.317 e. The zero-order valence-corrected chi connectivity index (χ0v) is 16.5. The van der Waals surface area contributed by atoms with Crippen LogP contribution >= 0.6 is 11.3 Å². The summed E-state index contributed by atoms with van der Waals surface area (Å²) in [5.74, 6) is -0.227. The van der Waals surface area contributed by atoms with E-state index in [-0.39, 0.29) is 29.8 Å². The number of thiophene rings is 1. The van der Waals surface area contributed by atoms with E-state index in [0.717, 1.165) is 17.7 Å². The fourth-order valence-corrected chi connectivity index (χ4v) is 4.65. The van der Waals surface area contributed by atoms with E-state index in [2.05, 4.69) is 10.2 Å². The smallest absolute Gasteiger partial charge is 0.317 e. The lowest BCUT2D eigenvalue weighted by Gasteiger charge is -2.46. The Morgan fingerprint density at radius 2 is 2.18 bits per heavy atom. The van der Waals surface area contributed by atoms with Crippen molar-refractivity contribution in [2.24, 2.45) is 0 Å². The summed E-state index contributed by atoms with van der Waals surface area (Å²) in [7, 11) is 1.96. The lowest BCUT2D eigenvalue weighted by molar-refractivity contribution is -0.123. The van der Waals surface area contributed by atoms with E-state index in [1.54, 1.807) is 28.4 Å². The Balaban J connectivity index is 1.41. The van der Waals surface area contributed by atoms with Crippen LogP contribution in [-0.2, 0) is 11.3 Å². The minimum atomic E-state index is -0.311. The third-order valence-corrected chi connectivity index (χ3v) is 6.38. The first kappa shape index (κ1) is 18.9. The van der Waals surface area contributed by atoms with Crippen LogP contribution in [0.3, 0.4) is 0 Å². The fourth-order valence-electron chi connectivity index (χ4n) is 4.01. The lowest BCUT2D eigenvalue weighted by atomic mass is 9.93. The summed E-state index contributed by atoms with van der Waals surface area (Å²) in [5.41, 5.74) is 1.41. The van der Waals surface area contributed by atoms with E-state index in [1.165, 1.54) is 12.1 Å². The molecule has 6 nitrogen and oxygen atoms in total. The molecule has 2 aliphatic rings. The van der Waals surface area contributed by atoms with Crippen LogP contribution in [0.5, 0.6) is 0 Å². The van der Waals surface area contributed by atoms with Crippen LogP contribution in [0, 0.1) is 5.82 Å². The van der Waals surface area contributed by atoms with Crippen molar-refractivity contribution in [1.82, 2.24) is 15.1 Å². The van der Waals surface area contributed by atoms with Gasteiger partial charge in [0.05, 0.1) is 17.8 Å². The average molecular weight is 402 g/mol. The normalized spacial score (nSPS) is 22.9. The number of hydrogen-bond donors (Lipinski definition) is 1. The number of benzene rings is 1. The van der Waals surface area contributed by atoms with Crippen molar-refractivity contribution in [3.63, 3.8) is 0 Å². The minimum absolute atomic E-state index is 0.0838. The predicted molar refractivity (Wildman–Crippen MR) is 107 cm³/mol. The Labute approximate surface area is 167 Å². The molecule has 2 aromatic rings. The molecule has 0 bridgehead atoms. The van der Waals surface area contributed by atoms with Gasteiger partial charge >= 0.3 is 6.03 Å². The summed E-state index contributed by atoms with van der Waals surface area (Å²) in [6, 6.07) is 8.02. The third-order valence-electron chi connectivity index (χ3n) is 5.71. The minimum Gasteiger partial charge on any atom is -0.334 e. The summed E-state index contributed by atoms with van der Waals surface area (Å²) in [5, 5.41) is 6.82. The fraction of sp³-hybridized carbons (Fsp3) is 0.400. The second kappa shape index (κ2) is 7.52. The highest BCUT2D eigenvalue weighted by Gasteiger charge is 2.48. The van der Waals surface area contributed by atoms with E-state index in [1.807, 2.05) is 28.8 Å². The van der Waals surface area contributed by atoms with Gasteiger partial charge in [0, 0.05) is 31.6 Å². The molecular weight excluding hydrogens is 379 g/mol. The van der Waals surface area contributed by atoms with Gasteiger partial charge in [0.25, 0.3) is 0 Å². The zero-order valence-electron chi connectivity index (χ0n) is 15.7. The van der Waals surface area contributed by atoms with Crippen LogP contribution in [0.15, 0.2) is 41.1 Å². The molecule has 0 aliphatic carbocycles. The molecule has 0 radical (unpaired) electrons. The zero-order chi connectivity index (χ0) is 19.7. The van der Waals surface area contributed by atoms with Gasteiger partial charge in [-0.1, -0.05) is 12.1 Å². The first-order chi connectivity index (χ1) is 13.5. The van der Waals surface area contributed by atoms with E-state index < -0.39 is 0 Å². The van der Waals surface area contributed by atoms with Crippen molar-refractivity contribution in [3.8, 4) is 0 Å². The van der Waals surface area contributed by atoms with Gasteiger partial charge in [0.1, 0.15) is 5.82 Å². The molecule has 1 N–H and O–H groups in total. The molecule has 2 saturated heterocycles. The Kier molecular flexibility index (Phi) is 5.07. The topological polar surface area (TPSA) is 55.9 Å². The molecule has 28 heavy (non-hydrogen) atoms. The van der Waals surface area contributed by atoms with Crippen molar-refractivity contribution < 1.29 is 14.0 Å². The summed E-state index contributed by atoms with van der Waals surface area (Å²) in [6.07, 6.45) is 0.810. The van der Waals surface area contributed by atoms with Crippen LogP contribution in [0.4, 0.5) is 14.9 Å². The van der Waals surface area contributed by atoms with Crippen LogP contribution < -0.4 is 10.2 Å². The number of rotatable bonds is 3. The number of anilines is 1. The first-order valence-corrected chi connectivity index (χ1v) is 10.2. The summed E-state index contributed by atoms with van der Waals surface area (Å²) >= 11 is 1.57. The highest BCUT2D eigenvalue weighted by Crippen LogP contribution is 2.34. The highest BCUT2D eigenvalue weighted by atomic mass is 32.1. The molecule has 148 valence electrons. The van der Waals surface area contributed by atoms with E-state index in [9.17, 15) is 14.0 Å². The third kappa shape index (κ3) is 3.62. The number of halogens is 1. The van der Waals surface area contributed by atoms with Gasteiger partial charge in [0.2, 0.25) is 5.91 Å². The number of carbonyl (C=O) groups excluding carboxylic acids is 2. The van der Waals surface area contributed by atoms with Crippen molar-refractivity contribution in [2.45, 2.75) is 18.5 Å². The quantitative estimate of drug-likeness (QED) is 0.858. The first-order valence-electron chi connectivity index (χ1n) is 9.28. The second-order valence-electron chi connectivity index (χ2n) is 7.50. The van der Waals surface area contributed by atoms with Gasteiger partial charge in [-0.2, -0.15) is 11.3 Å². The molecule has 0 unspecified atom stereocenters. The Bertz CT molecular complexity index is 875. The standard InChI is InChI=1S/C20H23FN4O2S/c1-23-11-18(26)25(17-5-8-28-12-17)14-20(23)6-7-24(13-20)19(27)22-10-15-3-2-4-16(21)9-15/h2-5,8-9,12H,6-7,10-11,13-14H2,1H3,(H,22,27)/t20-/m0/s1. The van der Waals surface area contributed by atoms with Gasteiger partial charge in [0.15, 0.2) is 0 Å². The van der Waals surface area contributed by atoms with Gasteiger partial charge in [-0.25, -0.2) is 9.18 Å². The molecule has 8 heteroatoms. The summed E-state index contributed by atoms with van der Waals surface area (Å²) in [6.45, 7) is 2.40. The molecule has 2 aliphatic heterocycles. The predicted octanol–water partition coefficient (Wildman–Crippen LogP) is 2.52. The van der Waals surface area contributed by atoms with E-state index >= 15 is 0 Å². The number of urea groups is 1. The van der Waals surface area contributed by atoms with Gasteiger partial charge in [-0.05, 0) is 42.6 Å². The van der Waals surface area contributed by atoms with Gasteiger partial charge < -0.3 is 15.1 Å². The number of piperazine rings is 1. The van der Waals surface area contributed by atoms with Crippen LogP contribution in [0.2, 0.25) is 0 Å². The largest absolute Gasteiger partial charge is 0.334 e. The van der Waals surface area contributed by atoms with E-state index in [4.69, 9.17) is 0 Å². The maximum atomic E-state index is 13.3. The Hall–Kier alpha value is -2.45. The molecule has 0 saturated carbocycles. The van der Waals surface area contributed by atoms with Crippen molar-refractivity contribution >= 4 is 29.0 Å². The van der Waals surface area contributed by atoms with Crippen LogP contribution in [0.25, 0.3) is 0 Å². The number of nitrogens with one attached hydrogen (secondary N) is 1. The number of likely N-dealkylation sites (N-methyl/N-ethyl adjacent to an activating group) is 1. The van der Waals surface area contributed by atoms with Gasteiger partial charge in [-0.3, -0.25) is 9.69 Å². The van der Waals surface area contributed by atoms with Gasteiger partial charge in [-0.15, -0.1) is 0 Å². The second-order valence-corrected chi connectivity index (χ2v) is 8.28. The SMILES string of the molecule is CN1CC(=O)N(c2ccsc2)C[C@@]12CCN(C(=O)NCc1cccc(F)c1)C2. The van der Waals surface area contributed by atoms with E-state index in [0.29, 0.717) is 26.2 Å². The molecule has 4 rings (SSSR count). The van der Waals surface area contributed by atoms with Crippen LogP contribution in [-0.4, -0.2) is 60.5 Å². The molecule has 1 aromatic heterocycles. The Morgan fingerprint density at radius 1 is 1.32 bits per heavy atom. The number of carbonyl (C=O) groups is 2. The average Bonchev–Trinajstić information content (AvgIpc) is 3.34.